The van der Waals surface area contributed by atoms with Crippen LogP contribution in [0.25, 0.3) is 0 Å². The van der Waals surface area contributed by atoms with E-state index in [1.54, 1.807) is 32.1 Å². The highest BCUT2D eigenvalue weighted by molar-refractivity contribution is 5.94. The van der Waals surface area contributed by atoms with Crippen LogP contribution in [0.3, 0.4) is 0 Å². The van der Waals surface area contributed by atoms with Crippen molar-refractivity contribution in [1.29, 1.82) is 0 Å². The van der Waals surface area contributed by atoms with E-state index >= 15 is 0 Å². The molecule has 1 aromatic carbocycles. The Kier molecular flexibility index (Phi) is 6.61. The number of hydrogen-bond acceptors (Lipinski definition) is 3. The Hall–Kier alpha value is -1.46. The number of amides is 1. The Morgan fingerprint density at radius 1 is 1.35 bits per heavy atom. The van der Waals surface area contributed by atoms with Crippen molar-refractivity contribution in [1.82, 2.24) is 4.90 Å². The molecule has 0 spiro atoms. The van der Waals surface area contributed by atoms with Gasteiger partial charge in [0.15, 0.2) is 0 Å². The summed E-state index contributed by atoms with van der Waals surface area (Å²) in [6.45, 7) is 4.83. The molecular formula is C15H22FNO3. The number of carbonyl (C=O) groups excluding carboxylic acids is 1. The summed E-state index contributed by atoms with van der Waals surface area (Å²) in [4.78, 5) is 14.0. The second kappa shape index (κ2) is 7.97. The van der Waals surface area contributed by atoms with E-state index in [0.29, 0.717) is 19.8 Å². The molecule has 4 nitrogen and oxygen atoms in total. The van der Waals surface area contributed by atoms with Gasteiger partial charge in [-0.25, -0.2) is 4.39 Å². The third kappa shape index (κ3) is 4.28. The first-order valence-electron chi connectivity index (χ1n) is 6.56. The quantitative estimate of drug-likeness (QED) is 0.770. The Morgan fingerprint density at radius 3 is 2.60 bits per heavy atom. The number of methoxy groups -OCH3 is 2. The second-order valence-corrected chi connectivity index (χ2v) is 4.78. The summed E-state index contributed by atoms with van der Waals surface area (Å²) in [5.41, 5.74) is 0.863. The first-order valence-corrected chi connectivity index (χ1v) is 6.56. The van der Waals surface area contributed by atoms with E-state index in [1.807, 2.05) is 6.92 Å². The first kappa shape index (κ1) is 16.6. The number of halogens is 1. The molecule has 1 amide bonds. The molecule has 0 aromatic heterocycles. The molecular weight excluding hydrogens is 261 g/mol. The minimum Gasteiger partial charge on any atom is -0.383 e. The van der Waals surface area contributed by atoms with Gasteiger partial charge >= 0.3 is 0 Å². The fourth-order valence-electron chi connectivity index (χ4n) is 1.99. The van der Waals surface area contributed by atoms with Gasteiger partial charge in [-0.3, -0.25) is 4.79 Å². The highest BCUT2D eigenvalue weighted by Gasteiger charge is 2.23. The van der Waals surface area contributed by atoms with Crippen LogP contribution < -0.4 is 0 Å². The predicted molar refractivity (Wildman–Crippen MR) is 75.4 cm³/mol. The molecule has 5 heteroatoms. The normalized spacial score (nSPS) is 12.2. The molecule has 0 aliphatic rings. The Labute approximate surface area is 119 Å². The van der Waals surface area contributed by atoms with Gasteiger partial charge in [-0.15, -0.1) is 0 Å². The van der Waals surface area contributed by atoms with E-state index in [1.165, 1.54) is 12.1 Å². The van der Waals surface area contributed by atoms with Crippen LogP contribution in [-0.4, -0.2) is 50.8 Å². The summed E-state index contributed by atoms with van der Waals surface area (Å²) in [7, 11) is 3.14. The SMILES string of the molecule is COCCN(C(=O)c1ccc(C)cc1F)C(C)COC. The van der Waals surface area contributed by atoms with Gasteiger partial charge < -0.3 is 14.4 Å². The summed E-state index contributed by atoms with van der Waals surface area (Å²) in [5.74, 6) is -0.842. The monoisotopic (exact) mass is 283 g/mol. The van der Waals surface area contributed by atoms with Crippen LogP contribution >= 0.6 is 0 Å². The standard InChI is InChI=1S/C15H22FNO3/c1-11-5-6-13(14(16)9-11)15(18)17(7-8-19-3)12(2)10-20-4/h5-6,9,12H,7-8,10H2,1-4H3. The fourth-order valence-corrected chi connectivity index (χ4v) is 1.99. The number of benzene rings is 1. The van der Waals surface area contributed by atoms with Crippen LogP contribution in [-0.2, 0) is 9.47 Å². The fraction of sp³-hybridized carbons (Fsp3) is 0.533. The van der Waals surface area contributed by atoms with E-state index in [-0.39, 0.29) is 17.5 Å². The summed E-state index contributed by atoms with van der Waals surface area (Å²) < 4.78 is 24.0. The van der Waals surface area contributed by atoms with Gasteiger partial charge in [-0.1, -0.05) is 6.07 Å². The minimum absolute atomic E-state index is 0.0784. The highest BCUT2D eigenvalue weighted by Crippen LogP contribution is 2.14. The van der Waals surface area contributed by atoms with E-state index < -0.39 is 5.82 Å². The van der Waals surface area contributed by atoms with E-state index in [9.17, 15) is 9.18 Å². The zero-order chi connectivity index (χ0) is 15.1. The number of rotatable bonds is 7. The van der Waals surface area contributed by atoms with Gasteiger partial charge in [0, 0.05) is 20.8 Å². The summed E-state index contributed by atoms with van der Waals surface area (Å²) in [5, 5.41) is 0. The molecule has 0 N–H and O–H groups in total. The number of hydrogen-bond donors (Lipinski definition) is 0. The maximum absolute atomic E-state index is 13.9. The van der Waals surface area contributed by atoms with Crippen LogP contribution in [0, 0.1) is 12.7 Å². The molecule has 0 aliphatic heterocycles. The number of carbonyl (C=O) groups is 1. The molecule has 0 radical (unpaired) electrons. The van der Waals surface area contributed by atoms with Gasteiger partial charge in [0.25, 0.3) is 5.91 Å². The molecule has 0 saturated heterocycles. The average molecular weight is 283 g/mol. The highest BCUT2D eigenvalue weighted by atomic mass is 19.1. The molecule has 0 aliphatic carbocycles. The molecule has 112 valence electrons. The van der Waals surface area contributed by atoms with Crippen molar-refractivity contribution in [3.8, 4) is 0 Å². The van der Waals surface area contributed by atoms with Crippen LogP contribution in [0.15, 0.2) is 18.2 Å². The lowest BCUT2D eigenvalue weighted by atomic mass is 10.1. The lowest BCUT2D eigenvalue weighted by molar-refractivity contribution is 0.0475. The topological polar surface area (TPSA) is 38.8 Å². The molecule has 1 aromatic rings. The molecule has 0 bridgehead atoms. The lowest BCUT2D eigenvalue weighted by Crippen LogP contribution is -2.43. The molecule has 20 heavy (non-hydrogen) atoms. The van der Waals surface area contributed by atoms with Crippen molar-refractivity contribution >= 4 is 5.91 Å². The number of aryl methyl sites for hydroxylation is 1. The van der Waals surface area contributed by atoms with E-state index in [4.69, 9.17) is 9.47 Å². The van der Waals surface area contributed by atoms with Gasteiger partial charge in [-0.05, 0) is 31.5 Å². The molecule has 1 rings (SSSR count). The first-order chi connectivity index (χ1) is 9.51. The Bertz CT molecular complexity index is 451. The largest absolute Gasteiger partial charge is 0.383 e. The summed E-state index contributed by atoms with van der Waals surface area (Å²) in [6, 6.07) is 4.46. The third-order valence-electron chi connectivity index (χ3n) is 3.09. The molecule has 0 saturated carbocycles. The van der Waals surface area contributed by atoms with Gasteiger partial charge in [0.05, 0.1) is 24.8 Å². The van der Waals surface area contributed by atoms with Crippen molar-refractivity contribution in [2.75, 3.05) is 34.0 Å². The molecule has 1 unspecified atom stereocenters. The van der Waals surface area contributed by atoms with Gasteiger partial charge in [0.2, 0.25) is 0 Å². The van der Waals surface area contributed by atoms with Crippen LogP contribution in [0.5, 0.6) is 0 Å². The van der Waals surface area contributed by atoms with Crippen molar-refractivity contribution in [3.63, 3.8) is 0 Å². The molecule has 0 heterocycles. The van der Waals surface area contributed by atoms with Crippen LogP contribution in [0.2, 0.25) is 0 Å². The van der Waals surface area contributed by atoms with Gasteiger partial charge in [-0.2, -0.15) is 0 Å². The number of ether oxygens (including phenoxy) is 2. The van der Waals surface area contributed by atoms with Crippen molar-refractivity contribution in [3.05, 3.63) is 35.1 Å². The minimum atomic E-state index is -0.498. The zero-order valence-corrected chi connectivity index (χ0v) is 12.5. The van der Waals surface area contributed by atoms with Gasteiger partial charge in [0.1, 0.15) is 5.82 Å². The average Bonchev–Trinajstić information content (AvgIpc) is 2.39. The Morgan fingerprint density at radius 2 is 2.05 bits per heavy atom. The van der Waals surface area contributed by atoms with Crippen molar-refractivity contribution in [2.45, 2.75) is 19.9 Å². The van der Waals surface area contributed by atoms with Crippen molar-refractivity contribution in [2.24, 2.45) is 0 Å². The van der Waals surface area contributed by atoms with E-state index in [0.717, 1.165) is 5.56 Å². The zero-order valence-electron chi connectivity index (χ0n) is 12.5. The second-order valence-electron chi connectivity index (χ2n) is 4.78. The summed E-state index contributed by atoms with van der Waals surface area (Å²) >= 11 is 0. The molecule has 0 fully saturated rings. The predicted octanol–water partition coefficient (Wildman–Crippen LogP) is 2.26. The molecule has 1 atom stereocenters. The number of nitrogens with zero attached hydrogens (tertiary/aromatic N) is 1. The summed E-state index contributed by atoms with van der Waals surface area (Å²) in [6.07, 6.45) is 0. The Balaban J connectivity index is 2.96. The maximum atomic E-state index is 13.9. The maximum Gasteiger partial charge on any atom is 0.257 e. The third-order valence-corrected chi connectivity index (χ3v) is 3.09. The van der Waals surface area contributed by atoms with E-state index in [2.05, 4.69) is 0 Å². The van der Waals surface area contributed by atoms with Crippen LogP contribution in [0.4, 0.5) is 4.39 Å². The van der Waals surface area contributed by atoms with Crippen molar-refractivity contribution < 1.29 is 18.7 Å². The smallest absolute Gasteiger partial charge is 0.257 e. The van der Waals surface area contributed by atoms with Crippen LogP contribution in [0.1, 0.15) is 22.8 Å². The lowest BCUT2D eigenvalue weighted by Gasteiger charge is -2.29.